The van der Waals surface area contributed by atoms with Crippen molar-refractivity contribution in [1.82, 2.24) is 0 Å². The van der Waals surface area contributed by atoms with E-state index in [-0.39, 0.29) is 24.6 Å². The van der Waals surface area contributed by atoms with Crippen LogP contribution in [0.15, 0.2) is 83.9 Å². The van der Waals surface area contributed by atoms with Crippen LogP contribution in [-0.4, -0.2) is 24.1 Å². The Bertz CT molecular complexity index is 1190. The van der Waals surface area contributed by atoms with Crippen LogP contribution >= 0.6 is 0 Å². The van der Waals surface area contributed by atoms with E-state index < -0.39 is 17.6 Å². The van der Waals surface area contributed by atoms with Crippen LogP contribution in [0.5, 0.6) is 0 Å². The van der Waals surface area contributed by atoms with Crippen molar-refractivity contribution in [3.05, 3.63) is 90.0 Å². The summed E-state index contributed by atoms with van der Waals surface area (Å²) in [7, 11) is 0. The number of hydrogen-bond acceptors (Lipinski definition) is 3. The van der Waals surface area contributed by atoms with Gasteiger partial charge in [-0.15, -0.1) is 0 Å². The number of rotatable bonds is 4. The fourth-order valence-corrected chi connectivity index (χ4v) is 3.43. The molecule has 0 unspecified atom stereocenters. The van der Waals surface area contributed by atoms with Crippen LogP contribution in [0.2, 0.25) is 0 Å². The molecule has 5 nitrogen and oxygen atoms in total. The maximum absolute atomic E-state index is 13.1. The second-order valence-electron chi connectivity index (χ2n) is 7.20. The average Bonchev–Trinajstić information content (AvgIpc) is 2.91. The summed E-state index contributed by atoms with van der Waals surface area (Å²) in [4.78, 5) is 31.6. The smallest absolute Gasteiger partial charge is 0.325 e. The number of para-hydroxylation sites is 2. The molecule has 1 aliphatic heterocycles. The second kappa shape index (κ2) is 8.66. The zero-order chi connectivity index (χ0) is 22.7. The molecule has 4 rings (SSSR count). The van der Waals surface area contributed by atoms with Gasteiger partial charge in [0.2, 0.25) is 11.8 Å². The molecule has 0 atom stereocenters. The first-order valence-electron chi connectivity index (χ1n) is 9.81. The van der Waals surface area contributed by atoms with Crippen LogP contribution < -0.4 is 10.2 Å². The van der Waals surface area contributed by atoms with E-state index in [9.17, 15) is 22.8 Å². The number of carbonyl (C=O) groups excluding carboxylic acids is 2. The Morgan fingerprint density at radius 2 is 1.69 bits per heavy atom. The van der Waals surface area contributed by atoms with Crippen molar-refractivity contribution >= 4 is 34.6 Å². The lowest BCUT2D eigenvalue weighted by Gasteiger charge is -2.22. The lowest BCUT2D eigenvalue weighted by atomic mass is 10.1. The summed E-state index contributed by atoms with van der Waals surface area (Å²) < 4.78 is 38.8. The van der Waals surface area contributed by atoms with Crippen LogP contribution in [0.1, 0.15) is 17.5 Å². The summed E-state index contributed by atoms with van der Waals surface area (Å²) in [5.41, 5.74) is 1.50. The Morgan fingerprint density at radius 3 is 2.44 bits per heavy atom. The molecule has 1 heterocycles. The van der Waals surface area contributed by atoms with Crippen molar-refractivity contribution in [1.29, 1.82) is 0 Å². The molecule has 0 aromatic heterocycles. The molecule has 0 aliphatic carbocycles. The SMILES string of the molecule is O=C(CN1C(=O)CC(c2ccccc2)=Nc2ccccc21)Nc1cccc(C(F)(F)F)c1. The molecule has 0 saturated heterocycles. The lowest BCUT2D eigenvalue weighted by molar-refractivity contribution is -0.137. The molecule has 0 bridgehead atoms. The standard InChI is InChI=1S/C24H18F3N3O2/c25-24(26,27)17-9-6-10-18(13-17)28-22(31)15-30-21-12-5-4-11-19(21)29-20(14-23(30)32)16-7-2-1-3-8-16/h1-13H,14-15H2,(H,28,31). The van der Waals surface area contributed by atoms with Crippen molar-refractivity contribution in [3.63, 3.8) is 0 Å². The summed E-state index contributed by atoms with van der Waals surface area (Å²) in [5.74, 6) is -0.951. The highest BCUT2D eigenvalue weighted by Gasteiger charge is 2.31. The van der Waals surface area contributed by atoms with Gasteiger partial charge < -0.3 is 10.2 Å². The average molecular weight is 437 g/mol. The number of anilines is 2. The van der Waals surface area contributed by atoms with Crippen LogP contribution in [0, 0.1) is 0 Å². The minimum absolute atomic E-state index is 0.00149. The zero-order valence-electron chi connectivity index (χ0n) is 16.8. The molecule has 2 amide bonds. The van der Waals surface area contributed by atoms with Gasteiger partial charge in [-0.1, -0.05) is 48.5 Å². The quantitative estimate of drug-likeness (QED) is 0.610. The Labute approximate surface area is 182 Å². The number of fused-ring (bicyclic) bond motifs is 1. The summed E-state index contributed by atoms with van der Waals surface area (Å²) in [6.45, 7) is -0.357. The molecule has 0 fully saturated rings. The summed E-state index contributed by atoms with van der Waals surface area (Å²) >= 11 is 0. The van der Waals surface area contributed by atoms with E-state index in [1.807, 2.05) is 30.3 Å². The Morgan fingerprint density at radius 1 is 0.969 bits per heavy atom. The van der Waals surface area contributed by atoms with E-state index in [1.165, 1.54) is 17.0 Å². The predicted octanol–water partition coefficient (Wildman–Crippen LogP) is 5.20. The van der Waals surface area contributed by atoms with Gasteiger partial charge in [-0.25, -0.2) is 0 Å². The van der Waals surface area contributed by atoms with E-state index >= 15 is 0 Å². The largest absolute Gasteiger partial charge is 0.416 e. The third-order valence-corrected chi connectivity index (χ3v) is 4.93. The van der Waals surface area contributed by atoms with Crippen molar-refractivity contribution < 1.29 is 22.8 Å². The van der Waals surface area contributed by atoms with Gasteiger partial charge in [0.05, 0.1) is 29.1 Å². The van der Waals surface area contributed by atoms with Gasteiger partial charge >= 0.3 is 6.18 Å². The number of aliphatic imine (C=N–C) groups is 1. The monoisotopic (exact) mass is 437 g/mol. The van der Waals surface area contributed by atoms with Crippen LogP contribution in [-0.2, 0) is 15.8 Å². The molecule has 0 radical (unpaired) electrons. The molecule has 0 saturated carbocycles. The van der Waals surface area contributed by atoms with Gasteiger partial charge in [-0.05, 0) is 35.9 Å². The van der Waals surface area contributed by atoms with E-state index in [0.717, 1.165) is 17.7 Å². The van der Waals surface area contributed by atoms with Gasteiger partial charge in [0.15, 0.2) is 0 Å². The van der Waals surface area contributed by atoms with E-state index in [0.29, 0.717) is 17.1 Å². The molecule has 8 heteroatoms. The molecular weight excluding hydrogens is 419 g/mol. The summed E-state index contributed by atoms with van der Waals surface area (Å²) in [6, 6.07) is 20.5. The molecular formula is C24H18F3N3O2. The van der Waals surface area contributed by atoms with Gasteiger partial charge in [0.1, 0.15) is 6.54 Å². The molecule has 32 heavy (non-hydrogen) atoms. The zero-order valence-corrected chi connectivity index (χ0v) is 16.8. The van der Waals surface area contributed by atoms with Crippen LogP contribution in [0.4, 0.5) is 30.2 Å². The van der Waals surface area contributed by atoms with Crippen LogP contribution in [0.3, 0.4) is 0 Å². The molecule has 162 valence electrons. The number of carbonyl (C=O) groups is 2. The maximum atomic E-state index is 13.1. The number of hydrogen-bond donors (Lipinski definition) is 1. The maximum Gasteiger partial charge on any atom is 0.416 e. The second-order valence-corrected chi connectivity index (χ2v) is 7.20. The van der Waals surface area contributed by atoms with Crippen molar-refractivity contribution in [2.75, 3.05) is 16.8 Å². The van der Waals surface area contributed by atoms with Gasteiger partial charge in [0, 0.05) is 5.69 Å². The topological polar surface area (TPSA) is 61.8 Å². The van der Waals surface area contributed by atoms with E-state index in [1.54, 1.807) is 24.3 Å². The van der Waals surface area contributed by atoms with Crippen LogP contribution in [0.25, 0.3) is 0 Å². The first-order chi connectivity index (χ1) is 15.3. The van der Waals surface area contributed by atoms with Gasteiger partial charge in [0.25, 0.3) is 0 Å². The Kier molecular flexibility index (Phi) is 5.77. The number of nitrogens with one attached hydrogen (secondary N) is 1. The molecule has 3 aromatic rings. The normalized spacial score (nSPS) is 13.8. The number of halogens is 3. The predicted molar refractivity (Wildman–Crippen MR) is 116 cm³/mol. The Balaban J connectivity index is 1.57. The first kappa shape index (κ1) is 21.3. The van der Waals surface area contributed by atoms with Gasteiger partial charge in [-0.2, -0.15) is 13.2 Å². The highest BCUT2D eigenvalue weighted by molar-refractivity contribution is 6.18. The van der Waals surface area contributed by atoms with Crippen molar-refractivity contribution in [2.45, 2.75) is 12.6 Å². The van der Waals surface area contributed by atoms with E-state index in [4.69, 9.17) is 0 Å². The first-order valence-corrected chi connectivity index (χ1v) is 9.81. The number of amides is 2. The minimum Gasteiger partial charge on any atom is -0.325 e. The van der Waals surface area contributed by atoms with Gasteiger partial charge in [-0.3, -0.25) is 14.6 Å². The third-order valence-electron chi connectivity index (χ3n) is 4.93. The summed E-state index contributed by atoms with van der Waals surface area (Å²) in [5, 5.41) is 2.45. The van der Waals surface area contributed by atoms with E-state index in [2.05, 4.69) is 10.3 Å². The molecule has 1 aliphatic rings. The number of alkyl halides is 3. The third kappa shape index (κ3) is 4.69. The summed E-state index contributed by atoms with van der Waals surface area (Å²) in [6.07, 6.45) is -4.54. The molecule has 3 aromatic carbocycles. The highest BCUT2D eigenvalue weighted by Crippen LogP contribution is 2.33. The fraction of sp³-hybridized carbons (Fsp3) is 0.125. The fourth-order valence-electron chi connectivity index (χ4n) is 3.43. The number of nitrogens with zero attached hydrogens (tertiary/aromatic N) is 2. The number of benzene rings is 3. The molecule has 1 N–H and O–H groups in total. The highest BCUT2D eigenvalue weighted by atomic mass is 19.4. The lowest BCUT2D eigenvalue weighted by Crippen LogP contribution is -2.38. The van der Waals surface area contributed by atoms with Crippen molar-refractivity contribution in [2.24, 2.45) is 4.99 Å². The molecule has 0 spiro atoms. The Hall–Kier alpha value is -3.94. The minimum atomic E-state index is -4.52. The van der Waals surface area contributed by atoms with Crippen molar-refractivity contribution in [3.8, 4) is 0 Å².